The molecule has 1 atom stereocenters. The van der Waals surface area contributed by atoms with Crippen molar-refractivity contribution >= 4 is 23.1 Å². The van der Waals surface area contributed by atoms with Gasteiger partial charge in [0.05, 0.1) is 6.54 Å². The fourth-order valence-electron chi connectivity index (χ4n) is 4.86. The number of hydrogen-bond donors (Lipinski definition) is 1. The van der Waals surface area contributed by atoms with Crippen molar-refractivity contribution < 1.29 is 0 Å². The Bertz CT molecular complexity index is 1110. The number of anilines is 2. The second-order valence-corrected chi connectivity index (χ2v) is 8.83. The van der Waals surface area contributed by atoms with Gasteiger partial charge in [-0.25, -0.2) is 0 Å². The Morgan fingerprint density at radius 2 is 1.68 bits per heavy atom. The Kier molecular flexibility index (Phi) is 5.40. The maximum absolute atomic E-state index is 13.6. The predicted molar refractivity (Wildman–Crippen MR) is 124 cm³/mol. The van der Waals surface area contributed by atoms with E-state index in [4.69, 9.17) is 15.7 Å². The van der Waals surface area contributed by atoms with Crippen molar-refractivity contribution in [2.45, 2.75) is 44.7 Å². The van der Waals surface area contributed by atoms with Gasteiger partial charge in [-0.2, -0.15) is 9.97 Å². The van der Waals surface area contributed by atoms with Gasteiger partial charge in [0.1, 0.15) is 0 Å². The highest BCUT2D eigenvalue weighted by atomic mass is 16.1. The molecule has 2 aliphatic rings. The van der Waals surface area contributed by atoms with Gasteiger partial charge in [0.25, 0.3) is 5.56 Å². The number of nitrogens with two attached hydrogens (primary N) is 1. The molecule has 2 N–H and O–H groups in total. The first kappa shape index (κ1) is 20.1. The van der Waals surface area contributed by atoms with Gasteiger partial charge in [0.15, 0.2) is 11.2 Å². The van der Waals surface area contributed by atoms with E-state index in [1.54, 1.807) is 4.57 Å². The Labute approximate surface area is 182 Å². The Hall–Kier alpha value is -2.87. The highest BCUT2D eigenvalue weighted by Gasteiger charge is 2.26. The summed E-state index contributed by atoms with van der Waals surface area (Å²) in [7, 11) is 1.83. The first-order valence-electron chi connectivity index (χ1n) is 11.4. The summed E-state index contributed by atoms with van der Waals surface area (Å²) in [4.78, 5) is 27.8. The van der Waals surface area contributed by atoms with Crippen molar-refractivity contribution in [1.82, 2.24) is 19.1 Å². The number of hydrogen-bond acceptors (Lipinski definition) is 6. The largest absolute Gasteiger partial charge is 0.342 e. The third-order valence-electron chi connectivity index (χ3n) is 6.51. The summed E-state index contributed by atoms with van der Waals surface area (Å²) < 4.78 is 3.74. The highest BCUT2D eigenvalue weighted by Crippen LogP contribution is 2.26. The van der Waals surface area contributed by atoms with E-state index in [1.165, 1.54) is 6.42 Å². The van der Waals surface area contributed by atoms with Gasteiger partial charge >= 0.3 is 0 Å². The molecule has 0 saturated carbocycles. The summed E-state index contributed by atoms with van der Waals surface area (Å²) in [5.74, 6) is 1.53. The lowest BCUT2D eigenvalue weighted by Gasteiger charge is -2.31. The van der Waals surface area contributed by atoms with Crippen LogP contribution in [-0.2, 0) is 13.6 Å². The summed E-state index contributed by atoms with van der Waals surface area (Å²) in [6, 6.07) is 10.3. The van der Waals surface area contributed by atoms with E-state index < -0.39 is 0 Å². The van der Waals surface area contributed by atoms with Crippen molar-refractivity contribution in [2.75, 3.05) is 36.0 Å². The molecule has 2 saturated heterocycles. The van der Waals surface area contributed by atoms with Crippen molar-refractivity contribution in [3.05, 3.63) is 46.2 Å². The molecule has 5 rings (SSSR count). The molecule has 1 aromatic carbocycles. The molecule has 31 heavy (non-hydrogen) atoms. The van der Waals surface area contributed by atoms with Crippen LogP contribution in [0.4, 0.5) is 11.9 Å². The van der Waals surface area contributed by atoms with Crippen molar-refractivity contribution in [2.24, 2.45) is 12.8 Å². The molecule has 0 amide bonds. The van der Waals surface area contributed by atoms with Gasteiger partial charge < -0.3 is 15.5 Å². The van der Waals surface area contributed by atoms with E-state index in [0.717, 1.165) is 69.3 Å². The van der Waals surface area contributed by atoms with E-state index in [2.05, 4.69) is 21.9 Å². The van der Waals surface area contributed by atoms with Gasteiger partial charge in [-0.15, -0.1) is 0 Å². The average Bonchev–Trinajstić information content (AvgIpc) is 3.16. The van der Waals surface area contributed by atoms with Crippen LogP contribution < -0.4 is 21.1 Å². The molecule has 1 unspecified atom stereocenters. The molecule has 2 fully saturated rings. The molecule has 8 heteroatoms. The molecule has 164 valence electrons. The van der Waals surface area contributed by atoms with Gasteiger partial charge in [0.2, 0.25) is 11.9 Å². The van der Waals surface area contributed by atoms with Crippen molar-refractivity contribution in [1.29, 1.82) is 0 Å². The number of imidazole rings is 1. The number of piperidine rings is 2. The maximum atomic E-state index is 13.6. The van der Waals surface area contributed by atoms with Crippen LogP contribution in [-0.4, -0.2) is 51.3 Å². The lowest BCUT2D eigenvalue weighted by Crippen LogP contribution is -2.44. The molecule has 0 spiro atoms. The molecular weight excluding hydrogens is 390 g/mol. The number of benzene rings is 1. The standard InChI is InChI=1S/C23H31N7O/c1-27-21(31)19-20(25-22(27)28-12-6-3-7-13-28)26-23(29-14-8-11-18(24)16-29)30(19)15-17-9-4-2-5-10-17/h2,4-5,9-10,18H,3,6-8,11-16,24H2,1H3. The van der Waals surface area contributed by atoms with Crippen LogP contribution in [0.3, 0.4) is 0 Å². The van der Waals surface area contributed by atoms with Crippen LogP contribution in [0.1, 0.15) is 37.7 Å². The molecule has 0 radical (unpaired) electrons. The summed E-state index contributed by atoms with van der Waals surface area (Å²) in [6.45, 7) is 4.09. The third kappa shape index (κ3) is 3.80. The van der Waals surface area contributed by atoms with Gasteiger partial charge in [-0.1, -0.05) is 30.3 Å². The van der Waals surface area contributed by atoms with E-state index in [0.29, 0.717) is 17.7 Å². The van der Waals surface area contributed by atoms with Crippen molar-refractivity contribution in [3.8, 4) is 0 Å². The molecule has 8 nitrogen and oxygen atoms in total. The second kappa shape index (κ2) is 8.34. The number of nitrogens with zero attached hydrogens (tertiary/aromatic N) is 6. The van der Waals surface area contributed by atoms with Crippen LogP contribution in [0.15, 0.2) is 35.1 Å². The normalized spacial score (nSPS) is 19.9. The minimum atomic E-state index is -0.0402. The SMILES string of the molecule is Cn1c(N2CCCCC2)nc2nc(N3CCCC(N)C3)n(Cc3ccccc3)c2c1=O. The Morgan fingerprint density at radius 3 is 2.42 bits per heavy atom. The Morgan fingerprint density at radius 1 is 0.968 bits per heavy atom. The van der Waals surface area contributed by atoms with E-state index in [1.807, 2.05) is 29.8 Å². The van der Waals surface area contributed by atoms with Crippen molar-refractivity contribution in [3.63, 3.8) is 0 Å². The summed E-state index contributed by atoms with van der Waals surface area (Å²) in [5.41, 5.74) is 8.47. The molecule has 3 aromatic rings. The zero-order valence-electron chi connectivity index (χ0n) is 18.2. The van der Waals surface area contributed by atoms with E-state index in [9.17, 15) is 4.79 Å². The van der Waals surface area contributed by atoms with Crippen LogP contribution in [0.5, 0.6) is 0 Å². The topological polar surface area (TPSA) is 85.2 Å². The lowest BCUT2D eigenvalue weighted by molar-refractivity contribution is 0.495. The first-order valence-corrected chi connectivity index (χ1v) is 11.4. The average molecular weight is 422 g/mol. The predicted octanol–water partition coefficient (Wildman–Crippen LogP) is 2.10. The first-order chi connectivity index (χ1) is 15.1. The minimum Gasteiger partial charge on any atom is -0.342 e. The smallest absolute Gasteiger partial charge is 0.281 e. The zero-order valence-corrected chi connectivity index (χ0v) is 18.2. The number of aromatic nitrogens is 4. The van der Waals surface area contributed by atoms with Crippen LogP contribution in [0, 0.1) is 0 Å². The molecular formula is C23H31N7O. The second-order valence-electron chi connectivity index (χ2n) is 8.83. The highest BCUT2D eigenvalue weighted by molar-refractivity contribution is 5.76. The van der Waals surface area contributed by atoms with Crippen LogP contribution in [0.2, 0.25) is 0 Å². The summed E-state index contributed by atoms with van der Waals surface area (Å²) in [5, 5.41) is 0. The third-order valence-corrected chi connectivity index (χ3v) is 6.51. The maximum Gasteiger partial charge on any atom is 0.281 e. The van der Waals surface area contributed by atoms with Gasteiger partial charge in [-0.3, -0.25) is 13.9 Å². The summed E-state index contributed by atoms with van der Waals surface area (Å²) >= 11 is 0. The number of rotatable bonds is 4. The molecule has 2 aromatic heterocycles. The molecule has 0 aliphatic carbocycles. The van der Waals surface area contributed by atoms with Crippen LogP contribution >= 0.6 is 0 Å². The molecule has 4 heterocycles. The Balaban J connectivity index is 1.66. The van der Waals surface area contributed by atoms with E-state index >= 15 is 0 Å². The number of fused-ring (bicyclic) bond motifs is 1. The zero-order chi connectivity index (χ0) is 21.4. The van der Waals surface area contributed by atoms with Gasteiger partial charge in [0, 0.05) is 39.3 Å². The fourth-order valence-corrected chi connectivity index (χ4v) is 4.86. The summed E-state index contributed by atoms with van der Waals surface area (Å²) in [6.07, 6.45) is 5.55. The lowest BCUT2D eigenvalue weighted by atomic mass is 10.1. The van der Waals surface area contributed by atoms with E-state index in [-0.39, 0.29) is 11.6 Å². The molecule has 2 aliphatic heterocycles. The monoisotopic (exact) mass is 421 g/mol. The fraction of sp³-hybridized carbons (Fsp3) is 0.522. The van der Waals surface area contributed by atoms with Crippen LogP contribution in [0.25, 0.3) is 11.2 Å². The van der Waals surface area contributed by atoms with Gasteiger partial charge in [-0.05, 0) is 37.7 Å². The quantitative estimate of drug-likeness (QED) is 0.694. The molecule has 0 bridgehead atoms. The minimum absolute atomic E-state index is 0.0402.